The number of likely N-dealkylation sites (N-methyl/N-ethyl adjacent to an activating group) is 1. The Bertz CT molecular complexity index is 405. The van der Waals surface area contributed by atoms with Crippen molar-refractivity contribution in [3.8, 4) is 0 Å². The van der Waals surface area contributed by atoms with Gasteiger partial charge in [-0.2, -0.15) is 5.48 Å². The molecule has 1 heterocycles. The molecule has 1 amide bonds. The summed E-state index contributed by atoms with van der Waals surface area (Å²) in [6, 6.07) is 8.19. The average Bonchev–Trinajstić information content (AvgIpc) is 2.40. The number of piperazine rings is 1. The molecule has 5 nitrogen and oxygen atoms in total. The zero-order valence-electron chi connectivity index (χ0n) is 10.8. The number of nitrogens with one attached hydrogen (secondary N) is 1. The molecular formula is C13H19N3O2. The molecule has 18 heavy (non-hydrogen) atoms. The van der Waals surface area contributed by atoms with Gasteiger partial charge < -0.3 is 14.6 Å². The minimum atomic E-state index is 0.173. The molecule has 0 bridgehead atoms. The van der Waals surface area contributed by atoms with E-state index in [0.717, 1.165) is 24.3 Å². The lowest BCUT2D eigenvalue weighted by Gasteiger charge is -2.33. The van der Waals surface area contributed by atoms with Crippen molar-refractivity contribution in [3.63, 3.8) is 0 Å². The molecule has 1 N–H and O–H groups in total. The molecule has 5 heteroatoms. The highest BCUT2D eigenvalue weighted by Gasteiger charge is 2.20. The Morgan fingerprint density at radius 2 is 2.00 bits per heavy atom. The number of hydroxylamine groups is 1. The van der Waals surface area contributed by atoms with Crippen LogP contribution in [0.1, 0.15) is 5.56 Å². The molecule has 1 aromatic rings. The first-order chi connectivity index (χ1) is 8.70. The van der Waals surface area contributed by atoms with Gasteiger partial charge in [0.2, 0.25) is 5.91 Å². The van der Waals surface area contributed by atoms with Gasteiger partial charge in [-0.1, -0.05) is 12.1 Å². The van der Waals surface area contributed by atoms with Gasteiger partial charge in [0.25, 0.3) is 0 Å². The number of nitrogens with zero attached hydrogens (tertiary/aromatic N) is 2. The third-order valence-electron chi connectivity index (χ3n) is 3.18. The summed E-state index contributed by atoms with van der Waals surface area (Å²) < 4.78 is 0. The van der Waals surface area contributed by atoms with Crippen LogP contribution < -0.4 is 10.4 Å². The quantitative estimate of drug-likeness (QED) is 0.794. The third kappa shape index (κ3) is 3.00. The Hall–Kier alpha value is -1.59. The van der Waals surface area contributed by atoms with Crippen LogP contribution in [0.15, 0.2) is 24.3 Å². The highest BCUT2D eigenvalue weighted by molar-refractivity contribution is 5.82. The van der Waals surface area contributed by atoms with E-state index < -0.39 is 0 Å². The van der Waals surface area contributed by atoms with Gasteiger partial charge in [-0.3, -0.25) is 4.79 Å². The summed E-state index contributed by atoms with van der Waals surface area (Å²) in [7, 11) is 3.45. The summed E-state index contributed by atoms with van der Waals surface area (Å²) in [5.41, 5.74) is 5.05. The smallest absolute Gasteiger partial charge is 0.241 e. The van der Waals surface area contributed by atoms with Gasteiger partial charge in [-0.05, 0) is 17.7 Å². The Labute approximate surface area is 107 Å². The summed E-state index contributed by atoms with van der Waals surface area (Å²) >= 11 is 0. The number of rotatable bonds is 4. The summed E-state index contributed by atoms with van der Waals surface area (Å²) in [5, 5.41) is 0. The van der Waals surface area contributed by atoms with Gasteiger partial charge in [-0.25, -0.2) is 0 Å². The molecule has 0 saturated carbocycles. The Morgan fingerprint density at radius 3 is 2.61 bits per heavy atom. The molecule has 1 saturated heterocycles. The number of carbonyl (C=O) groups is 1. The topological polar surface area (TPSA) is 44.8 Å². The van der Waals surface area contributed by atoms with Crippen molar-refractivity contribution in [1.29, 1.82) is 0 Å². The maximum Gasteiger partial charge on any atom is 0.241 e. The molecule has 0 aliphatic carbocycles. The van der Waals surface area contributed by atoms with Crippen molar-refractivity contribution in [2.45, 2.75) is 6.54 Å². The molecule has 1 fully saturated rings. The lowest BCUT2D eigenvalue weighted by Crippen LogP contribution is -2.48. The number of hydrogen-bond acceptors (Lipinski definition) is 4. The van der Waals surface area contributed by atoms with Crippen molar-refractivity contribution < 1.29 is 9.63 Å². The molecule has 0 radical (unpaired) electrons. The molecule has 0 atom stereocenters. The van der Waals surface area contributed by atoms with Crippen LogP contribution >= 0.6 is 0 Å². The second-order valence-corrected chi connectivity index (χ2v) is 4.43. The van der Waals surface area contributed by atoms with Gasteiger partial charge in [0, 0.05) is 32.4 Å². The van der Waals surface area contributed by atoms with Crippen molar-refractivity contribution in [3.05, 3.63) is 29.8 Å². The SMILES string of the molecule is CONCc1ccc(N2CCN(C)C(=O)C2)cc1. The summed E-state index contributed by atoms with van der Waals surface area (Å²) in [4.78, 5) is 20.3. The molecule has 0 aromatic heterocycles. The molecule has 1 aliphatic rings. The van der Waals surface area contributed by atoms with Crippen LogP contribution in [0.2, 0.25) is 0 Å². The Morgan fingerprint density at radius 1 is 1.28 bits per heavy atom. The second-order valence-electron chi connectivity index (χ2n) is 4.43. The van der Waals surface area contributed by atoms with E-state index in [1.807, 2.05) is 31.3 Å². The van der Waals surface area contributed by atoms with Gasteiger partial charge in [0.15, 0.2) is 0 Å². The predicted octanol–water partition coefficient (Wildman–Crippen LogP) is 0.616. The van der Waals surface area contributed by atoms with E-state index in [4.69, 9.17) is 4.84 Å². The van der Waals surface area contributed by atoms with Crippen LogP contribution in [0.25, 0.3) is 0 Å². The van der Waals surface area contributed by atoms with Crippen LogP contribution in [0, 0.1) is 0 Å². The first kappa shape index (κ1) is 12.9. The molecule has 1 aromatic carbocycles. The molecule has 1 aliphatic heterocycles. The zero-order chi connectivity index (χ0) is 13.0. The molecule has 0 spiro atoms. The monoisotopic (exact) mass is 249 g/mol. The molecular weight excluding hydrogens is 230 g/mol. The lowest BCUT2D eigenvalue weighted by molar-refractivity contribution is -0.129. The fourth-order valence-corrected chi connectivity index (χ4v) is 1.96. The van der Waals surface area contributed by atoms with E-state index in [1.165, 1.54) is 0 Å². The number of hydrogen-bond donors (Lipinski definition) is 1. The summed E-state index contributed by atoms with van der Waals surface area (Å²) in [6.07, 6.45) is 0. The minimum absolute atomic E-state index is 0.173. The standard InChI is InChI=1S/C13H19N3O2/c1-15-7-8-16(10-13(15)17)12-5-3-11(4-6-12)9-14-18-2/h3-6,14H,7-10H2,1-2H3. The van der Waals surface area contributed by atoms with E-state index in [9.17, 15) is 4.79 Å². The third-order valence-corrected chi connectivity index (χ3v) is 3.18. The molecule has 2 rings (SSSR count). The number of amides is 1. The first-order valence-corrected chi connectivity index (χ1v) is 6.04. The predicted molar refractivity (Wildman–Crippen MR) is 70.1 cm³/mol. The second kappa shape index (κ2) is 5.84. The van der Waals surface area contributed by atoms with Crippen LogP contribution in [-0.2, 0) is 16.2 Å². The van der Waals surface area contributed by atoms with Crippen LogP contribution in [0.4, 0.5) is 5.69 Å². The maximum absolute atomic E-state index is 11.6. The lowest BCUT2D eigenvalue weighted by atomic mass is 10.2. The van der Waals surface area contributed by atoms with E-state index in [0.29, 0.717) is 13.1 Å². The number of benzene rings is 1. The molecule has 0 unspecified atom stereocenters. The Balaban J connectivity index is 1.99. The van der Waals surface area contributed by atoms with Crippen molar-refractivity contribution in [2.75, 3.05) is 38.7 Å². The van der Waals surface area contributed by atoms with Gasteiger partial charge in [-0.15, -0.1) is 0 Å². The largest absolute Gasteiger partial charge is 0.360 e. The van der Waals surface area contributed by atoms with E-state index in [-0.39, 0.29) is 5.91 Å². The Kier molecular flexibility index (Phi) is 4.17. The van der Waals surface area contributed by atoms with Crippen molar-refractivity contribution in [1.82, 2.24) is 10.4 Å². The van der Waals surface area contributed by atoms with E-state index >= 15 is 0 Å². The maximum atomic E-state index is 11.6. The highest BCUT2D eigenvalue weighted by atomic mass is 16.6. The number of anilines is 1. The van der Waals surface area contributed by atoms with Gasteiger partial charge >= 0.3 is 0 Å². The van der Waals surface area contributed by atoms with Crippen molar-refractivity contribution >= 4 is 11.6 Å². The van der Waals surface area contributed by atoms with Crippen molar-refractivity contribution in [2.24, 2.45) is 0 Å². The normalized spacial score (nSPS) is 16.2. The number of carbonyl (C=O) groups excluding carboxylic acids is 1. The first-order valence-electron chi connectivity index (χ1n) is 6.04. The van der Waals surface area contributed by atoms with Gasteiger partial charge in [0.1, 0.15) is 0 Å². The van der Waals surface area contributed by atoms with Crippen LogP contribution in [0.3, 0.4) is 0 Å². The van der Waals surface area contributed by atoms with Gasteiger partial charge in [0.05, 0.1) is 13.7 Å². The highest BCUT2D eigenvalue weighted by Crippen LogP contribution is 2.17. The van der Waals surface area contributed by atoms with Crippen LogP contribution in [-0.4, -0.2) is 44.6 Å². The molecule has 98 valence electrons. The van der Waals surface area contributed by atoms with E-state index in [1.54, 1.807) is 12.0 Å². The fraction of sp³-hybridized carbons (Fsp3) is 0.462. The zero-order valence-corrected chi connectivity index (χ0v) is 10.8. The summed E-state index contributed by atoms with van der Waals surface area (Å²) in [6.45, 7) is 2.81. The fourth-order valence-electron chi connectivity index (χ4n) is 1.96. The minimum Gasteiger partial charge on any atom is -0.360 e. The summed E-state index contributed by atoms with van der Waals surface area (Å²) in [5.74, 6) is 0.173. The van der Waals surface area contributed by atoms with E-state index in [2.05, 4.69) is 10.4 Å². The van der Waals surface area contributed by atoms with Crippen LogP contribution in [0.5, 0.6) is 0 Å². The average molecular weight is 249 g/mol.